The molecule has 2 aliphatic rings. The molecule has 1 aromatic rings. The Morgan fingerprint density at radius 3 is 2.79 bits per heavy atom. The van der Waals surface area contributed by atoms with Crippen molar-refractivity contribution in [3.05, 3.63) is 46.3 Å². The Labute approximate surface area is 137 Å². The van der Waals surface area contributed by atoms with Gasteiger partial charge in [-0.05, 0) is 5.53 Å². The van der Waals surface area contributed by atoms with Gasteiger partial charge >= 0.3 is 5.97 Å². The minimum Gasteiger partial charge on any atom is -0.467 e. The van der Waals surface area contributed by atoms with Crippen LogP contribution >= 0.6 is 0 Å². The second-order valence-electron chi connectivity index (χ2n) is 5.48. The predicted octanol–water partition coefficient (Wildman–Crippen LogP) is 1.08. The Hall–Kier alpha value is -2.16. The lowest BCUT2D eigenvalue weighted by Crippen LogP contribution is -2.62. The maximum absolute atomic E-state index is 11.8. The Balaban J connectivity index is 1.83. The van der Waals surface area contributed by atoms with Crippen LogP contribution in [0.5, 0.6) is 0 Å². The molecule has 1 aromatic carbocycles. The van der Waals surface area contributed by atoms with E-state index in [1.807, 2.05) is 30.3 Å². The smallest absolute Gasteiger partial charge is 0.337 e. The van der Waals surface area contributed by atoms with Gasteiger partial charge in [0.15, 0.2) is 12.4 Å². The van der Waals surface area contributed by atoms with E-state index in [-0.39, 0.29) is 6.61 Å². The highest BCUT2D eigenvalue weighted by Gasteiger charge is 2.51. The number of esters is 1. The Morgan fingerprint density at radius 2 is 2.12 bits per heavy atom. The number of carbonyl (C=O) groups excluding carboxylic acids is 1. The number of ether oxygens (including phenoxy) is 4. The summed E-state index contributed by atoms with van der Waals surface area (Å²) in [5.74, 6) is -0.746. The summed E-state index contributed by atoms with van der Waals surface area (Å²) in [6, 6.07) is 8.24. The zero-order valence-electron chi connectivity index (χ0n) is 12.9. The van der Waals surface area contributed by atoms with Gasteiger partial charge in [-0.3, -0.25) is 0 Å². The van der Waals surface area contributed by atoms with E-state index in [0.29, 0.717) is 0 Å². The molecule has 0 aliphatic carbocycles. The van der Waals surface area contributed by atoms with Crippen LogP contribution in [0.4, 0.5) is 0 Å². The van der Waals surface area contributed by atoms with E-state index < -0.39 is 42.7 Å². The molecule has 0 spiro atoms. The topological polar surface area (TPSA) is 123 Å². The molecule has 0 bridgehead atoms. The van der Waals surface area contributed by atoms with Crippen LogP contribution < -0.4 is 0 Å². The Morgan fingerprint density at radius 1 is 1.38 bits per heavy atom. The fourth-order valence-corrected chi connectivity index (χ4v) is 2.90. The van der Waals surface area contributed by atoms with Crippen molar-refractivity contribution in [2.45, 2.75) is 36.7 Å². The summed E-state index contributed by atoms with van der Waals surface area (Å²) in [5.41, 5.74) is 9.59. The number of hydrogen-bond donors (Lipinski definition) is 1. The van der Waals surface area contributed by atoms with E-state index >= 15 is 0 Å². The lowest BCUT2D eigenvalue weighted by molar-refractivity contribution is -0.305. The highest BCUT2D eigenvalue weighted by Crippen LogP contribution is 2.35. The summed E-state index contributed by atoms with van der Waals surface area (Å²) in [6.07, 6.45) is -4.70. The molecular formula is C15H17N3O6. The summed E-state index contributed by atoms with van der Waals surface area (Å²) >= 11 is 0. The van der Waals surface area contributed by atoms with Crippen molar-refractivity contribution in [1.82, 2.24) is 0 Å². The number of carbonyl (C=O) groups is 1. The molecule has 0 aromatic heterocycles. The molecule has 3 rings (SSSR count). The number of azide groups is 1. The summed E-state index contributed by atoms with van der Waals surface area (Å²) in [4.78, 5) is 14.5. The predicted molar refractivity (Wildman–Crippen MR) is 79.6 cm³/mol. The third-order valence-corrected chi connectivity index (χ3v) is 4.07. The second-order valence-corrected chi connectivity index (χ2v) is 5.48. The largest absolute Gasteiger partial charge is 0.467 e. The van der Waals surface area contributed by atoms with Crippen molar-refractivity contribution in [2.24, 2.45) is 5.11 Å². The number of rotatable bonds is 3. The fraction of sp³-hybridized carbons (Fsp3) is 0.533. The highest BCUT2D eigenvalue weighted by molar-refractivity contribution is 5.75. The third-order valence-electron chi connectivity index (χ3n) is 4.07. The summed E-state index contributed by atoms with van der Waals surface area (Å²) in [5, 5.41) is 14.0. The average Bonchev–Trinajstić information content (AvgIpc) is 2.63. The van der Waals surface area contributed by atoms with Gasteiger partial charge in [0, 0.05) is 10.5 Å². The molecule has 0 amide bonds. The molecule has 2 saturated heterocycles. The number of aliphatic hydroxyl groups excluding tert-OH is 1. The Bertz CT molecular complexity index is 635. The first-order valence-electron chi connectivity index (χ1n) is 7.43. The fourth-order valence-electron chi connectivity index (χ4n) is 2.90. The molecule has 0 saturated carbocycles. The SMILES string of the molecule is COC(=O)[C@@H]1O[C@@H]2CO[C@H](c3ccccc3)O[C@@H]2C(N=[N+]=[N-])[C@H]1O. The van der Waals surface area contributed by atoms with E-state index in [1.54, 1.807) is 0 Å². The van der Waals surface area contributed by atoms with Gasteiger partial charge in [0.2, 0.25) is 0 Å². The first-order chi connectivity index (χ1) is 11.7. The van der Waals surface area contributed by atoms with Crippen molar-refractivity contribution in [3.8, 4) is 0 Å². The van der Waals surface area contributed by atoms with Crippen LogP contribution in [0.25, 0.3) is 10.4 Å². The molecule has 2 heterocycles. The minimum absolute atomic E-state index is 0.127. The van der Waals surface area contributed by atoms with Gasteiger partial charge < -0.3 is 24.1 Å². The zero-order chi connectivity index (χ0) is 17.1. The summed E-state index contributed by atoms with van der Waals surface area (Å²) in [6.45, 7) is 0.127. The van der Waals surface area contributed by atoms with Crippen LogP contribution in [0, 0.1) is 0 Å². The maximum Gasteiger partial charge on any atom is 0.337 e. The standard InChI is InChI=1S/C15H17N3O6/c1-21-14(20)13-11(19)10(17-18-16)12-9(23-13)7-22-15(24-12)8-5-3-2-4-6-8/h2-6,9-13,15,19H,7H2,1H3/t9-,10?,11-,12+,13-,15+/m1/s1. The van der Waals surface area contributed by atoms with Gasteiger partial charge in [-0.15, -0.1) is 0 Å². The normalized spacial score (nSPS) is 35.4. The average molecular weight is 335 g/mol. The van der Waals surface area contributed by atoms with Crippen molar-refractivity contribution >= 4 is 5.97 Å². The summed E-state index contributed by atoms with van der Waals surface area (Å²) in [7, 11) is 1.19. The molecule has 9 heteroatoms. The van der Waals surface area contributed by atoms with Crippen molar-refractivity contribution in [2.75, 3.05) is 13.7 Å². The second kappa shape index (κ2) is 7.16. The first kappa shape index (κ1) is 16.7. The van der Waals surface area contributed by atoms with Gasteiger partial charge in [0.05, 0.1) is 19.8 Å². The zero-order valence-corrected chi connectivity index (χ0v) is 12.9. The minimum atomic E-state index is -1.37. The lowest BCUT2D eigenvalue weighted by atomic mass is 9.92. The third kappa shape index (κ3) is 3.08. The van der Waals surface area contributed by atoms with E-state index in [9.17, 15) is 9.90 Å². The molecule has 2 fully saturated rings. The molecule has 1 unspecified atom stereocenters. The van der Waals surface area contributed by atoms with Gasteiger partial charge in [0.25, 0.3) is 0 Å². The van der Waals surface area contributed by atoms with Crippen LogP contribution in [0.1, 0.15) is 11.9 Å². The monoisotopic (exact) mass is 335 g/mol. The van der Waals surface area contributed by atoms with Crippen molar-refractivity contribution < 1.29 is 28.8 Å². The number of aliphatic hydroxyl groups is 1. The molecule has 9 nitrogen and oxygen atoms in total. The van der Waals surface area contributed by atoms with Crippen molar-refractivity contribution in [1.29, 1.82) is 0 Å². The molecule has 6 atom stereocenters. The van der Waals surface area contributed by atoms with E-state index in [1.165, 1.54) is 7.11 Å². The number of nitrogens with zero attached hydrogens (tertiary/aromatic N) is 3. The molecule has 24 heavy (non-hydrogen) atoms. The number of fused-ring (bicyclic) bond motifs is 1. The quantitative estimate of drug-likeness (QED) is 0.381. The van der Waals surface area contributed by atoms with Crippen molar-refractivity contribution in [3.63, 3.8) is 0 Å². The molecule has 0 radical (unpaired) electrons. The van der Waals surface area contributed by atoms with E-state index in [4.69, 9.17) is 19.7 Å². The summed E-state index contributed by atoms with van der Waals surface area (Å²) < 4.78 is 21.7. The van der Waals surface area contributed by atoms with Crippen LogP contribution in [0.3, 0.4) is 0 Å². The van der Waals surface area contributed by atoms with Gasteiger partial charge in [0.1, 0.15) is 18.3 Å². The van der Waals surface area contributed by atoms with E-state index in [2.05, 4.69) is 14.8 Å². The lowest BCUT2D eigenvalue weighted by Gasteiger charge is -2.46. The van der Waals surface area contributed by atoms with Gasteiger partial charge in [-0.1, -0.05) is 35.4 Å². The molecular weight excluding hydrogens is 318 g/mol. The van der Waals surface area contributed by atoms with Crippen LogP contribution in [0.2, 0.25) is 0 Å². The van der Waals surface area contributed by atoms with Crippen LogP contribution in [-0.4, -0.2) is 55.3 Å². The molecule has 1 N–H and O–H groups in total. The van der Waals surface area contributed by atoms with Gasteiger partial charge in [-0.2, -0.15) is 0 Å². The first-order valence-corrected chi connectivity index (χ1v) is 7.43. The number of hydrogen-bond acceptors (Lipinski definition) is 7. The molecule has 2 aliphatic heterocycles. The molecule has 128 valence electrons. The number of benzene rings is 1. The number of methoxy groups -OCH3 is 1. The Kier molecular flexibility index (Phi) is 4.98. The van der Waals surface area contributed by atoms with Gasteiger partial charge in [-0.25, -0.2) is 4.79 Å². The highest BCUT2D eigenvalue weighted by atomic mass is 16.7. The van der Waals surface area contributed by atoms with Crippen LogP contribution in [0.15, 0.2) is 35.4 Å². The maximum atomic E-state index is 11.8. The van der Waals surface area contributed by atoms with Crippen LogP contribution in [-0.2, 0) is 23.7 Å². The van der Waals surface area contributed by atoms with E-state index in [0.717, 1.165) is 5.56 Å².